The van der Waals surface area contributed by atoms with Crippen molar-refractivity contribution in [3.8, 4) is 0 Å². The quantitative estimate of drug-likeness (QED) is 0.921. The summed E-state index contributed by atoms with van der Waals surface area (Å²) in [5, 5.41) is 3.85. The fraction of sp³-hybridized carbons (Fsp3) is 0.400. The normalized spacial score (nSPS) is 24.7. The lowest BCUT2D eigenvalue weighted by atomic mass is 9.95. The smallest absolute Gasteiger partial charge is 0.0430 e. The molecule has 0 radical (unpaired) electrons. The number of nitrogens with one attached hydrogen (secondary N) is 1. The van der Waals surface area contributed by atoms with Crippen molar-refractivity contribution in [1.29, 1.82) is 0 Å². The lowest BCUT2D eigenvalue weighted by molar-refractivity contribution is 0.316. The van der Waals surface area contributed by atoms with Crippen LogP contribution in [0.15, 0.2) is 54.6 Å². The molecule has 2 nitrogen and oxygen atoms in total. The first kappa shape index (κ1) is 13.8. The zero-order valence-electron chi connectivity index (χ0n) is 13.3. The number of hydrogen-bond donors (Lipinski definition) is 1. The highest BCUT2D eigenvalue weighted by Crippen LogP contribution is 2.42. The van der Waals surface area contributed by atoms with Gasteiger partial charge in [-0.05, 0) is 42.9 Å². The number of rotatable bonds is 3. The van der Waals surface area contributed by atoms with Gasteiger partial charge < -0.3 is 10.2 Å². The van der Waals surface area contributed by atoms with E-state index in [4.69, 9.17) is 0 Å². The molecule has 1 unspecified atom stereocenters. The van der Waals surface area contributed by atoms with Crippen LogP contribution in [0.1, 0.15) is 30.9 Å². The second kappa shape index (κ2) is 5.44. The second-order valence-corrected chi connectivity index (χ2v) is 7.02. The summed E-state index contributed by atoms with van der Waals surface area (Å²) in [4.78, 5) is 2.57. The molecule has 1 N–H and O–H groups in total. The topological polar surface area (TPSA) is 15.3 Å². The van der Waals surface area contributed by atoms with Crippen LogP contribution in [0.4, 0.5) is 5.69 Å². The molecular weight excluding hydrogens is 268 g/mol. The van der Waals surface area contributed by atoms with Gasteiger partial charge in [-0.3, -0.25) is 0 Å². The second-order valence-electron chi connectivity index (χ2n) is 7.02. The Hall–Kier alpha value is -1.80. The maximum atomic E-state index is 3.85. The highest BCUT2D eigenvalue weighted by Gasteiger charge is 2.43. The fourth-order valence-electron chi connectivity index (χ4n) is 3.74. The Balaban J connectivity index is 1.68. The lowest BCUT2D eigenvalue weighted by Crippen LogP contribution is -2.51. The summed E-state index contributed by atoms with van der Waals surface area (Å²) in [7, 11) is 0. The molecule has 1 saturated carbocycles. The van der Waals surface area contributed by atoms with Crippen LogP contribution in [0.25, 0.3) is 0 Å². The van der Waals surface area contributed by atoms with Crippen molar-refractivity contribution in [2.24, 2.45) is 5.92 Å². The molecule has 1 fully saturated rings. The van der Waals surface area contributed by atoms with Gasteiger partial charge in [0.2, 0.25) is 0 Å². The average Bonchev–Trinajstić information content (AvgIpc) is 3.39. The van der Waals surface area contributed by atoms with Gasteiger partial charge >= 0.3 is 0 Å². The zero-order valence-corrected chi connectivity index (χ0v) is 13.3. The Bertz CT molecular complexity index is 648. The number of para-hydroxylation sites is 1. The van der Waals surface area contributed by atoms with Crippen molar-refractivity contribution in [2.45, 2.75) is 38.4 Å². The Kier molecular flexibility index (Phi) is 3.42. The molecule has 2 aromatic rings. The molecule has 2 heteroatoms. The molecule has 0 aromatic heterocycles. The van der Waals surface area contributed by atoms with Crippen molar-refractivity contribution in [2.75, 3.05) is 11.4 Å². The van der Waals surface area contributed by atoms with Crippen LogP contribution in [0.5, 0.6) is 0 Å². The molecule has 0 bridgehead atoms. The minimum atomic E-state index is 0.230. The van der Waals surface area contributed by atoms with Gasteiger partial charge in [0.15, 0.2) is 0 Å². The summed E-state index contributed by atoms with van der Waals surface area (Å²) in [5.41, 5.74) is 4.43. The Morgan fingerprint density at radius 1 is 1.05 bits per heavy atom. The first-order valence-electron chi connectivity index (χ1n) is 8.36. The van der Waals surface area contributed by atoms with Crippen molar-refractivity contribution < 1.29 is 0 Å². The molecule has 4 rings (SSSR count). The Labute approximate surface area is 133 Å². The standard InChI is InChI=1S/C20H24N2/c1-20(18-11-12-18)15-22(14-16-7-3-2-4-8-16)19-10-6-5-9-17(19)13-21-20/h2-10,18,21H,11-15H2,1H3. The maximum absolute atomic E-state index is 3.85. The van der Waals surface area contributed by atoms with Gasteiger partial charge in [-0.1, -0.05) is 48.5 Å². The summed E-state index contributed by atoms with van der Waals surface area (Å²) < 4.78 is 0. The SMILES string of the molecule is CC1(C2CC2)CN(Cc2ccccc2)c2ccccc2CN1. The summed E-state index contributed by atoms with van der Waals surface area (Å²) in [5.74, 6) is 0.833. The molecule has 0 saturated heterocycles. The summed E-state index contributed by atoms with van der Waals surface area (Å²) in [6.45, 7) is 5.47. The van der Waals surface area contributed by atoms with E-state index in [9.17, 15) is 0 Å². The summed E-state index contributed by atoms with van der Waals surface area (Å²) in [6, 6.07) is 19.7. The lowest BCUT2D eigenvalue weighted by Gasteiger charge is -2.35. The van der Waals surface area contributed by atoms with Crippen LogP contribution in [0, 0.1) is 5.92 Å². The van der Waals surface area contributed by atoms with E-state index < -0.39 is 0 Å². The van der Waals surface area contributed by atoms with Crippen molar-refractivity contribution in [1.82, 2.24) is 5.32 Å². The van der Waals surface area contributed by atoms with Crippen LogP contribution < -0.4 is 10.2 Å². The summed E-state index contributed by atoms with van der Waals surface area (Å²) >= 11 is 0. The van der Waals surface area contributed by atoms with E-state index in [1.54, 1.807) is 0 Å². The number of anilines is 1. The molecule has 1 aliphatic heterocycles. The molecule has 1 atom stereocenters. The highest BCUT2D eigenvalue weighted by atomic mass is 15.2. The van der Waals surface area contributed by atoms with Gasteiger partial charge in [0.25, 0.3) is 0 Å². The maximum Gasteiger partial charge on any atom is 0.0430 e. The number of fused-ring (bicyclic) bond motifs is 1. The van der Waals surface area contributed by atoms with E-state index in [-0.39, 0.29) is 5.54 Å². The largest absolute Gasteiger partial charge is 0.365 e. The van der Waals surface area contributed by atoms with Gasteiger partial charge in [0.05, 0.1) is 0 Å². The van der Waals surface area contributed by atoms with Crippen LogP contribution in [-0.2, 0) is 13.1 Å². The van der Waals surface area contributed by atoms with Crippen molar-refractivity contribution >= 4 is 5.69 Å². The van der Waals surface area contributed by atoms with Crippen molar-refractivity contribution in [3.05, 3.63) is 65.7 Å². The first-order chi connectivity index (χ1) is 10.7. The molecule has 0 spiro atoms. The van der Waals surface area contributed by atoms with Crippen LogP contribution in [-0.4, -0.2) is 12.1 Å². The number of benzene rings is 2. The van der Waals surface area contributed by atoms with E-state index in [2.05, 4.69) is 71.7 Å². The van der Waals surface area contributed by atoms with E-state index >= 15 is 0 Å². The fourth-order valence-corrected chi connectivity index (χ4v) is 3.74. The van der Waals surface area contributed by atoms with E-state index in [1.807, 2.05) is 0 Å². The van der Waals surface area contributed by atoms with Gasteiger partial charge in [0, 0.05) is 30.9 Å². The van der Waals surface area contributed by atoms with Gasteiger partial charge in [0.1, 0.15) is 0 Å². The van der Waals surface area contributed by atoms with Gasteiger partial charge in [-0.15, -0.1) is 0 Å². The molecule has 1 aliphatic carbocycles. The van der Waals surface area contributed by atoms with Crippen LogP contribution in [0.3, 0.4) is 0 Å². The van der Waals surface area contributed by atoms with Crippen LogP contribution in [0.2, 0.25) is 0 Å². The third-order valence-corrected chi connectivity index (χ3v) is 5.23. The Morgan fingerprint density at radius 3 is 2.55 bits per heavy atom. The minimum absolute atomic E-state index is 0.230. The van der Waals surface area contributed by atoms with Gasteiger partial charge in [-0.25, -0.2) is 0 Å². The predicted octanol–water partition coefficient (Wildman–Crippen LogP) is 3.97. The third kappa shape index (κ3) is 2.64. The molecule has 0 amide bonds. The molecule has 2 aromatic carbocycles. The van der Waals surface area contributed by atoms with Crippen molar-refractivity contribution in [3.63, 3.8) is 0 Å². The van der Waals surface area contributed by atoms with E-state index in [0.717, 1.165) is 25.6 Å². The number of nitrogens with zero attached hydrogens (tertiary/aromatic N) is 1. The highest BCUT2D eigenvalue weighted by molar-refractivity contribution is 5.55. The van der Waals surface area contributed by atoms with E-state index in [0.29, 0.717) is 0 Å². The molecule has 2 aliphatic rings. The predicted molar refractivity (Wildman–Crippen MR) is 91.9 cm³/mol. The molecule has 22 heavy (non-hydrogen) atoms. The van der Waals surface area contributed by atoms with E-state index in [1.165, 1.54) is 29.7 Å². The molecule has 1 heterocycles. The van der Waals surface area contributed by atoms with Crippen LogP contribution >= 0.6 is 0 Å². The molecule has 114 valence electrons. The third-order valence-electron chi connectivity index (χ3n) is 5.23. The monoisotopic (exact) mass is 292 g/mol. The Morgan fingerprint density at radius 2 is 1.77 bits per heavy atom. The molecular formula is C20H24N2. The average molecular weight is 292 g/mol. The van der Waals surface area contributed by atoms with Gasteiger partial charge in [-0.2, -0.15) is 0 Å². The zero-order chi connectivity index (χ0) is 15.0. The summed E-state index contributed by atoms with van der Waals surface area (Å²) in [6.07, 6.45) is 2.75. The number of hydrogen-bond acceptors (Lipinski definition) is 2. The minimum Gasteiger partial charge on any atom is -0.365 e. The first-order valence-corrected chi connectivity index (χ1v) is 8.36.